The summed E-state index contributed by atoms with van der Waals surface area (Å²) >= 11 is 5.16. The van der Waals surface area contributed by atoms with Gasteiger partial charge < -0.3 is 14.6 Å². The van der Waals surface area contributed by atoms with Crippen LogP contribution in [0.15, 0.2) is 40.1 Å². The van der Waals surface area contributed by atoms with Crippen LogP contribution in [0.2, 0.25) is 0 Å². The van der Waals surface area contributed by atoms with Gasteiger partial charge in [-0.1, -0.05) is 11.8 Å². The molecule has 0 saturated heterocycles. The fourth-order valence-electron chi connectivity index (χ4n) is 2.19. The van der Waals surface area contributed by atoms with Gasteiger partial charge in [0.15, 0.2) is 5.16 Å². The number of anilines is 1. The highest BCUT2D eigenvalue weighted by Gasteiger charge is 2.08. The van der Waals surface area contributed by atoms with Crippen LogP contribution in [-0.4, -0.2) is 36.2 Å². The van der Waals surface area contributed by atoms with Gasteiger partial charge in [0.1, 0.15) is 5.75 Å². The Hall–Kier alpha value is -1.73. The van der Waals surface area contributed by atoms with Crippen molar-refractivity contribution in [1.29, 1.82) is 0 Å². The highest BCUT2D eigenvalue weighted by Crippen LogP contribution is 2.28. The first kappa shape index (κ1) is 16.1. The molecular weight excluding hydrogens is 376 g/mol. The Morgan fingerprint density at radius 1 is 1.30 bits per heavy atom. The number of H-pyrrole nitrogens is 1. The zero-order chi connectivity index (χ0) is 16.4. The molecule has 0 radical (unpaired) electrons. The van der Waals surface area contributed by atoms with Crippen LogP contribution < -0.4 is 9.64 Å². The minimum absolute atomic E-state index is 0.755. The van der Waals surface area contributed by atoms with Crippen molar-refractivity contribution in [2.45, 2.75) is 10.9 Å². The normalized spacial score (nSPS) is 11.0. The summed E-state index contributed by atoms with van der Waals surface area (Å²) in [5.74, 6) is 1.58. The molecule has 3 rings (SSSR count). The van der Waals surface area contributed by atoms with Crippen molar-refractivity contribution in [1.82, 2.24) is 15.0 Å². The molecule has 0 bridgehead atoms. The third-order valence-electron chi connectivity index (χ3n) is 3.40. The van der Waals surface area contributed by atoms with Crippen LogP contribution in [0.3, 0.4) is 0 Å². The molecule has 120 valence electrons. The minimum atomic E-state index is 0.755. The van der Waals surface area contributed by atoms with Gasteiger partial charge in [-0.3, -0.25) is 4.98 Å². The number of methoxy groups -OCH3 is 1. The Bertz CT molecular complexity index is 834. The highest BCUT2D eigenvalue weighted by atomic mass is 79.9. The molecule has 0 amide bonds. The lowest BCUT2D eigenvalue weighted by Crippen LogP contribution is -2.10. The van der Waals surface area contributed by atoms with Crippen molar-refractivity contribution in [2.75, 3.05) is 26.1 Å². The van der Waals surface area contributed by atoms with E-state index in [0.717, 1.165) is 43.5 Å². The monoisotopic (exact) mass is 392 g/mol. The third kappa shape index (κ3) is 3.61. The molecule has 0 aliphatic rings. The quantitative estimate of drug-likeness (QED) is 0.662. The number of pyridine rings is 1. The first-order valence-corrected chi connectivity index (χ1v) is 8.83. The van der Waals surface area contributed by atoms with Crippen LogP contribution in [0.25, 0.3) is 11.0 Å². The zero-order valence-electron chi connectivity index (χ0n) is 13.1. The van der Waals surface area contributed by atoms with Crippen LogP contribution in [0, 0.1) is 0 Å². The minimum Gasteiger partial charge on any atom is -0.497 e. The van der Waals surface area contributed by atoms with E-state index in [1.165, 1.54) is 0 Å². The molecule has 0 saturated carbocycles. The number of nitrogens with one attached hydrogen (secondary N) is 1. The molecule has 2 heterocycles. The molecule has 1 aromatic carbocycles. The topological polar surface area (TPSA) is 54.0 Å². The van der Waals surface area contributed by atoms with E-state index in [2.05, 4.69) is 41.8 Å². The second-order valence-electron chi connectivity index (χ2n) is 5.24. The summed E-state index contributed by atoms with van der Waals surface area (Å²) < 4.78 is 6.23. The number of thioether (sulfide) groups is 1. The van der Waals surface area contributed by atoms with Crippen molar-refractivity contribution >= 4 is 44.4 Å². The molecule has 0 fully saturated rings. The van der Waals surface area contributed by atoms with Gasteiger partial charge in [-0.05, 0) is 34.1 Å². The average molecular weight is 393 g/mol. The van der Waals surface area contributed by atoms with Crippen molar-refractivity contribution in [3.05, 3.63) is 40.6 Å². The Morgan fingerprint density at radius 3 is 2.87 bits per heavy atom. The lowest BCUT2D eigenvalue weighted by molar-refractivity contribution is 0.415. The molecule has 0 aliphatic heterocycles. The predicted molar refractivity (Wildman–Crippen MR) is 98.5 cm³/mol. The van der Waals surface area contributed by atoms with Crippen LogP contribution in [-0.2, 0) is 5.75 Å². The summed E-state index contributed by atoms with van der Waals surface area (Å²) in [4.78, 5) is 14.4. The van der Waals surface area contributed by atoms with E-state index in [0.29, 0.717) is 0 Å². The van der Waals surface area contributed by atoms with Crippen LogP contribution in [0.5, 0.6) is 5.75 Å². The standard InChI is InChI=1S/C16H17BrN4OS/c1-21(2)15-6-10(18-8-12(15)17)9-23-16-19-13-5-4-11(22-3)7-14(13)20-16/h4-8H,9H2,1-3H3,(H,19,20). The molecule has 23 heavy (non-hydrogen) atoms. The lowest BCUT2D eigenvalue weighted by atomic mass is 10.3. The molecule has 0 unspecified atom stereocenters. The van der Waals surface area contributed by atoms with Crippen LogP contribution in [0.1, 0.15) is 5.69 Å². The van der Waals surface area contributed by atoms with E-state index >= 15 is 0 Å². The first-order chi connectivity index (χ1) is 11.1. The summed E-state index contributed by atoms with van der Waals surface area (Å²) in [5, 5.41) is 0.879. The summed E-state index contributed by atoms with van der Waals surface area (Å²) in [6, 6.07) is 7.91. The fourth-order valence-corrected chi connectivity index (χ4v) is 3.55. The van der Waals surface area contributed by atoms with Crippen molar-refractivity contribution in [3.63, 3.8) is 0 Å². The number of halogens is 1. The van der Waals surface area contributed by atoms with Gasteiger partial charge in [0.05, 0.1) is 34.0 Å². The van der Waals surface area contributed by atoms with E-state index in [9.17, 15) is 0 Å². The van der Waals surface area contributed by atoms with Gasteiger partial charge in [-0.2, -0.15) is 0 Å². The summed E-state index contributed by atoms with van der Waals surface area (Å²) in [7, 11) is 5.70. The van der Waals surface area contributed by atoms with Gasteiger partial charge in [0.2, 0.25) is 0 Å². The van der Waals surface area contributed by atoms with Crippen molar-refractivity contribution in [2.24, 2.45) is 0 Å². The molecule has 5 nitrogen and oxygen atoms in total. The third-order valence-corrected chi connectivity index (χ3v) is 4.92. The Kier molecular flexibility index (Phi) is 4.77. The summed E-state index contributed by atoms with van der Waals surface area (Å²) in [6.45, 7) is 0. The van der Waals surface area contributed by atoms with E-state index in [4.69, 9.17) is 4.74 Å². The molecular formula is C16H17BrN4OS. The van der Waals surface area contributed by atoms with E-state index in [1.54, 1.807) is 18.9 Å². The van der Waals surface area contributed by atoms with Gasteiger partial charge in [-0.25, -0.2) is 4.98 Å². The van der Waals surface area contributed by atoms with Crippen LogP contribution in [0.4, 0.5) is 5.69 Å². The van der Waals surface area contributed by atoms with Crippen LogP contribution >= 0.6 is 27.7 Å². The van der Waals surface area contributed by atoms with E-state index in [-0.39, 0.29) is 0 Å². The Balaban J connectivity index is 1.76. The lowest BCUT2D eigenvalue weighted by Gasteiger charge is -2.15. The van der Waals surface area contributed by atoms with Gasteiger partial charge >= 0.3 is 0 Å². The average Bonchev–Trinajstić information content (AvgIpc) is 2.95. The maximum absolute atomic E-state index is 5.23. The predicted octanol–water partition coefficient (Wildman–Crippen LogP) is 4.09. The summed E-state index contributed by atoms with van der Waals surface area (Å²) in [5.41, 5.74) is 4.04. The number of rotatable bonds is 5. The molecule has 0 atom stereocenters. The largest absolute Gasteiger partial charge is 0.497 e. The van der Waals surface area contributed by atoms with E-state index in [1.807, 2.05) is 38.5 Å². The fraction of sp³-hybridized carbons (Fsp3) is 0.250. The number of aromatic amines is 1. The Labute approximate surface area is 147 Å². The second kappa shape index (κ2) is 6.80. The maximum Gasteiger partial charge on any atom is 0.166 e. The molecule has 7 heteroatoms. The number of benzene rings is 1. The number of hydrogen-bond acceptors (Lipinski definition) is 5. The SMILES string of the molecule is COc1ccc2nc(SCc3cc(N(C)C)c(Br)cn3)[nH]c2c1. The number of imidazole rings is 1. The van der Waals surface area contributed by atoms with Crippen molar-refractivity contribution < 1.29 is 4.74 Å². The maximum atomic E-state index is 5.23. The number of nitrogens with zero attached hydrogens (tertiary/aromatic N) is 3. The number of fused-ring (bicyclic) bond motifs is 1. The molecule has 0 aliphatic carbocycles. The molecule has 3 aromatic rings. The summed E-state index contributed by atoms with van der Waals surface area (Å²) in [6.07, 6.45) is 1.84. The van der Waals surface area contributed by atoms with Gasteiger partial charge in [0.25, 0.3) is 0 Å². The Morgan fingerprint density at radius 2 is 2.13 bits per heavy atom. The number of aromatic nitrogens is 3. The highest BCUT2D eigenvalue weighted by molar-refractivity contribution is 9.10. The van der Waals surface area contributed by atoms with Gasteiger partial charge in [0, 0.05) is 32.1 Å². The second-order valence-corrected chi connectivity index (χ2v) is 7.05. The smallest absolute Gasteiger partial charge is 0.166 e. The number of hydrogen-bond donors (Lipinski definition) is 1. The first-order valence-electron chi connectivity index (χ1n) is 7.05. The molecule has 0 spiro atoms. The zero-order valence-corrected chi connectivity index (χ0v) is 15.5. The van der Waals surface area contributed by atoms with E-state index < -0.39 is 0 Å². The van der Waals surface area contributed by atoms with Crippen molar-refractivity contribution in [3.8, 4) is 5.75 Å². The molecule has 1 N–H and O–H groups in total. The molecule has 2 aromatic heterocycles. The van der Waals surface area contributed by atoms with Gasteiger partial charge in [-0.15, -0.1) is 0 Å². The number of ether oxygens (including phenoxy) is 1.